The summed E-state index contributed by atoms with van der Waals surface area (Å²) in [4.78, 5) is 2.51. The summed E-state index contributed by atoms with van der Waals surface area (Å²) in [6, 6.07) is 0.549. The van der Waals surface area contributed by atoms with E-state index in [9.17, 15) is 0 Å². The average molecular weight is 256 g/mol. The highest BCUT2D eigenvalue weighted by Gasteiger charge is 2.45. The minimum Gasteiger partial charge on any atom is -0.375 e. The van der Waals surface area contributed by atoms with E-state index in [1.54, 1.807) is 0 Å². The van der Waals surface area contributed by atoms with Crippen molar-refractivity contribution in [3.8, 4) is 0 Å². The Balaban J connectivity index is 2.91. The molecule has 18 heavy (non-hydrogen) atoms. The van der Waals surface area contributed by atoms with Gasteiger partial charge in [-0.05, 0) is 46.1 Å². The van der Waals surface area contributed by atoms with Crippen LogP contribution in [-0.4, -0.2) is 42.3 Å². The lowest BCUT2D eigenvalue weighted by atomic mass is 9.77. The molecule has 1 saturated heterocycles. The summed E-state index contributed by atoms with van der Waals surface area (Å²) in [7, 11) is 2.24. The fraction of sp³-hybridized carbons (Fsp3) is 1.00. The van der Waals surface area contributed by atoms with E-state index in [2.05, 4.69) is 46.6 Å². The molecule has 1 heterocycles. The molecule has 0 spiro atoms. The van der Waals surface area contributed by atoms with Gasteiger partial charge in [-0.3, -0.25) is 4.90 Å². The summed E-state index contributed by atoms with van der Waals surface area (Å²) in [5.41, 5.74) is 6.25. The van der Waals surface area contributed by atoms with E-state index < -0.39 is 0 Å². The minimum atomic E-state index is -0.0113. The average Bonchev–Trinajstić information content (AvgIpc) is 2.36. The van der Waals surface area contributed by atoms with E-state index in [0.717, 1.165) is 32.4 Å². The van der Waals surface area contributed by atoms with Crippen LogP contribution in [0.5, 0.6) is 0 Å². The second-order valence-corrected chi connectivity index (χ2v) is 6.60. The topological polar surface area (TPSA) is 38.5 Å². The Morgan fingerprint density at radius 2 is 1.94 bits per heavy atom. The normalized spacial score (nSPS) is 35.2. The highest BCUT2D eigenvalue weighted by molar-refractivity contribution is 5.01. The van der Waals surface area contributed by atoms with E-state index in [1.165, 1.54) is 0 Å². The van der Waals surface area contributed by atoms with Crippen molar-refractivity contribution < 1.29 is 4.74 Å². The molecular weight excluding hydrogens is 224 g/mol. The lowest BCUT2D eigenvalue weighted by Crippen LogP contribution is -2.62. The zero-order chi connectivity index (χ0) is 14.0. The fourth-order valence-electron chi connectivity index (χ4n) is 3.05. The van der Waals surface area contributed by atoms with Crippen molar-refractivity contribution in [1.29, 1.82) is 0 Å². The highest BCUT2D eigenvalue weighted by Crippen LogP contribution is 2.38. The molecule has 0 saturated carbocycles. The van der Waals surface area contributed by atoms with Gasteiger partial charge < -0.3 is 10.5 Å². The first-order valence-corrected chi connectivity index (χ1v) is 7.37. The van der Waals surface area contributed by atoms with E-state index >= 15 is 0 Å². The van der Waals surface area contributed by atoms with Gasteiger partial charge in [0, 0.05) is 24.7 Å². The molecular formula is C15H32N2O. The van der Waals surface area contributed by atoms with Gasteiger partial charge >= 0.3 is 0 Å². The number of likely N-dealkylation sites (N-methyl/N-ethyl adjacent to an activating group) is 1. The Morgan fingerprint density at radius 3 is 2.39 bits per heavy atom. The molecule has 0 aromatic rings. The van der Waals surface area contributed by atoms with Crippen LogP contribution >= 0.6 is 0 Å². The van der Waals surface area contributed by atoms with Gasteiger partial charge in [0.2, 0.25) is 0 Å². The summed E-state index contributed by atoms with van der Waals surface area (Å²) in [5, 5.41) is 0. The quantitative estimate of drug-likeness (QED) is 0.822. The molecule has 0 aliphatic carbocycles. The minimum absolute atomic E-state index is 0.0113. The summed E-state index contributed by atoms with van der Waals surface area (Å²) in [6.45, 7) is 12.9. The summed E-state index contributed by atoms with van der Waals surface area (Å²) in [6.07, 6.45) is 3.14. The van der Waals surface area contributed by atoms with Crippen molar-refractivity contribution in [3.63, 3.8) is 0 Å². The number of ether oxygens (including phenoxy) is 1. The van der Waals surface area contributed by atoms with Gasteiger partial charge in [-0.15, -0.1) is 0 Å². The fourth-order valence-corrected chi connectivity index (χ4v) is 3.05. The molecule has 1 aliphatic rings. The molecule has 1 fully saturated rings. The van der Waals surface area contributed by atoms with Crippen LogP contribution in [0.1, 0.15) is 53.9 Å². The van der Waals surface area contributed by atoms with Crippen LogP contribution in [0.4, 0.5) is 0 Å². The second-order valence-electron chi connectivity index (χ2n) is 6.60. The van der Waals surface area contributed by atoms with E-state index in [4.69, 9.17) is 10.5 Å². The van der Waals surface area contributed by atoms with Crippen LogP contribution in [0.2, 0.25) is 0 Å². The molecule has 0 bridgehead atoms. The van der Waals surface area contributed by atoms with Crippen molar-refractivity contribution in [2.24, 2.45) is 11.7 Å². The Bertz CT molecular complexity index is 269. The molecule has 2 N–H and O–H groups in total. The third-order valence-electron chi connectivity index (χ3n) is 5.17. The Kier molecular flexibility index (Phi) is 5.22. The summed E-state index contributed by atoms with van der Waals surface area (Å²) < 4.78 is 5.98. The predicted molar refractivity (Wildman–Crippen MR) is 77.7 cm³/mol. The Morgan fingerprint density at radius 1 is 1.33 bits per heavy atom. The number of rotatable bonds is 5. The smallest absolute Gasteiger partial charge is 0.0670 e. The molecule has 3 heteroatoms. The van der Waals surface area contributed by atoms with Gasteiger partial charge in [-0.2, -0.15) is 0 Å². The monoisotopic (exact) mass is 256 g/mol. The van der Waals surface area contributed by atoms with Crippen molar-refractivity contribution in [2.75, 3.05) is 20.2 Å². The Labute approximate surface area is 113 Å². The van der Waals surface area contributed by atoms with Crippen LogP contribution in [0.15, 0.2) is 0 Å². The first-order valence-electron chi connectivity index (χ1n) is 7.37. The zero-order valence-electron chi connectivity index (χ0n) is 13.1. The second kappa shape index (κ2) is 5.89. The molecule has 1 aliphatic heterocycles. The largest absolute Gasteiger partial charge is 0.375 e. The molecule has 1 rings (SSSR count). The molecule has 3 unspecified atom stereocenters. The van der Waals surface area contributed by atoms with Gasteiger partial charge in [0.25, 0.3) is 0 Å². The van der Waals surface area contributed by atoms with Crippen molar-refractivity contribution in [3.05, 3.63) is 0 Å². The molecule has 0 radical (unpaired) electrons. The predicted octanol–water partition coefficient (Wildman–Crippen LogP) is 2.64. The van der Waals surface area contributed by atoms with E-state index in [-0.39, 0.29) is 11.1 Å². The standard InChI is InChI=1S/C15H32N2O/c1-7-14(5)10-15(11-16,8-9-18-14)17(6)13(4)12(2)3/h12-13H,7-11,16H2,1-6H3. The first-order chi connectivity index (χ1) is 8.30. The van der Waals surface area contributed by atoms with Crippen LogP contribution in [0, 0.1) is 5.92 Å². The SMILES string of the molecule is CCC1(C)CC(CN)(N(C)C(C)C(C)C)CCO1. The van der Waals surface area contributed by atoms with Gasteiger partial charge in [-0.25, -0.2) is 0 Å². The maximum atomic E-state index is 6.16. The van der Waals surface area contributed by atoms with Crippen LogP contribution in [0.25, 0.3) is 0 Å². The maximum Gasteiger partial charge on any atom is 0.0670 e. The molecule has 3 atom stereocenters. The Hall–Kier alpha value is -0.120. The summed E-state index contributed by atoms with van der Waals surface area (Å²) in [5.74, 6) is 0.647. The molecule has 0 aromatic carbocycles. The lowest BCUT2D eigenvalue weighted by molar-refractivity contribution is -0.132. The molecule has 3 nitrogen and oxygen atoms in total. The molecule has 0 amide bonds. The van der Waals surface area contributed by atoms with Crippen molar-refractivity contribution in [1.82, 2.24) is 4.90 Å². The third kappa shape index (κ3) is 3.06. The summed E-state index contributed by atoms with van der Waals surface area (Å²) >= 11 is 0. The van der Waals surface area contributed by atoms with Crippen molar-refractivity contribution in [2.45, 2.75) is 71.1 Å². The third-order valence-corrected chi connectivity index (χ3v) is 5.17. The van der Waals surface area contributed by atoms with E-state index in [1.807, 2.05) is 0 Å². The van der Waals surface area contributed by atoms with Gasteiger partial charge in [0.1, 0.15) is 0 Å². The van der Waals surface area contributed by atoms with Gasteiger partial charge in [0.05, 0.1) is 5.60 Å². The zero-order valence-corrected chi connectivity index (χ0v) is 13.1. The number of nitrogens with two attached hydrogens (primary N) is 1. The molecule has 0 aromatic heterocycles. The lowest BCUT2D eigenvalue weighted by Gasteiger charge is -2.52. The highest BCUT2D eigenvalue weighted by atomic mass is 16.5. The van der Waals surface area contributed by atoms with Gasteiger partial charge in [0.15, 0.2) is 0 Å². The van der Waals surface area contributed by atoms with Crippen molar-refractivity contribution >= 4 is 0 Å². The van der Waals surface area contributed by atoms with E-state index in [0.29, 0.717) is 12.0 Å². The number of hydrogen-bond donors (Lipinski definition) is 1. The number of hydrogen-bond acceptors (Lipinski definition) is 3. The number of nitrogens with zero attached hydrogens (tertiary/aromatic N) is 1. The maximum absolute atomic E-state index is 6.16. The van der Waals surface area contributed by atoms with Gasteiger partial charge in [-0.1, -0.05) is 20.8 Å². The van der Waals surface area contributed by atoms with Crippen LogP contribution in [-0.2, 0) is 4.74 Å². The van der Waals surface area contributed by atoms with Crippen LogP contribution in [0.3, 0.4) is 0 Å². The first kappa shape index (κ1) is 15.9. The molecule has 108 valence electrons. The van der Waals surface area contributed by atoms with Crippen LogP contribution < -0.4 is 5.73 Å².